The Morgan fingerprint density at radius 2 is 2.11 bits per heavy atom. The summed E-state index contributed by atoms with van der Waals surface area (Å²) in [4.78, 5) is 14.6. The molecule has 2 unspecified atom stereocenters. The Hall–Kier alpha value is -1.43. The Balaban J connectivity index is 1.38. The van der Waals surface area contributed by atoms with Gasteiger partial charge in [-0.1, -0.05) is 30.3 Å². The molecular formula is C22H35N3O2. The smallest absolute Gasteiger partial charge is 0.219 e. The first-order valence-corrected chi connectivity index (χ1v) is 10.5. The van der Waals surface area contributed by atoms with Gasteiger partial charge in [0.1, 0.15) is 0 Å². The standard InChI is InChI=1S/C22H35N3O2/c1-27-12-6-11-23-22(26)10-5-9-21-20-13-19(14-24-21)16-25(17-20)15-18-7-3-2-4-8-18/h2-4,7-8,19-21,24H,5-6,9-17H2,1H3,(H,23,26)/t19?,20?,21-/m1/s1. The number of carbonyl (C=O) groups excluding carboxylic acids is 1. The number of ether oxygens (including phenoxy) is 1. The lowest BCUT2D eigenvalue weighted by atomic mass is 9.79. The number of hydrogen-bond donors (Lipinski definition) is 2. The van der Waals surface area contributed by atoms with Crippen LogP contribution in [0.25, 0.3) is 0 Å². The number of carbonyl (C=O) groups is 1. The van der Waals surface area contributed by atoms with Crippen LogP contribution in [0.15, 0.2) is 30.3 Å². The van der Waals surface area contributed by atoms with E-state index in [1.807, 2.05) is 0 Å². The molecule has 150 valence electrons. The second-order valence-corrected chi connectivity index (χ2v) is 8.14. The Kier molecular flexibility index (Phi) is 8.11. The van der Waals surface area contributed by atoms with E-state index in [9.17, 15) is 4.79 Å². The highest BCUT2D eigenvalue weighted by molar-refractivity contribution is 5.75. The molecule has 2 fully saturated rings. The number of benzene rings is 1. The second-order valence-electron chi connectivity index (χ2n) is 8.14. The number of hydrogen-bond acceptors (Lipinski definition) is 4. The first kappa shape index (κ1) is 20.3. The highest BCUT2D eigenvalue weighted by atomic mass is 16.5. The van der Waals surface area contributed by atoms with Crippen LogP contribution < -0.4 is 10.6 Å². The number of likely N-dealkylation sites (tertiary alicyclic amines) is 1. The third-order valence-electron chi connectivity index (χ3n) is 5.90. The lowest BCUT2D eigenvalue weighted by Crippen LogP contribution is -2.55. The first-order chi connectivity index (χ1) is 13.2. The van der Waals surface area contributed by atoms with Gasteiger partial charge in [-0.25, -0.2) is 0 Å². The SMILES string of the molecule is COCCCNC(=O)CCC[C@H]1NCC2CC1CN(Cc1ccccc1)C2. The number of amides is 1. The number of fused-ring (bicyclic) bond motifs is 2. The molecule has 2 heterocycles. The van der Waals surface area contributed by atoms with Crippen LogP contribution in [0.5, 0.6) is 0 Å². The molecule has 1 aromatic rings. The van der Waals surface area contributed by atoms with E-state index in [2.05, 4.69) is 45.9 Å². The maximum atomic E-state index is 11.9. The van der Waals surface area contributed by atoms with Crippen LogP contribution in [0.2, 0.25) is 0 Å². The number of rotatable bonds is 10. The molecule has 0 saturated carbocycles. The summed E-state index contributed by atoms with van der Waals surface area (Å²) in [5.74, 6) is 1.66. The maximum Gasteiger partial charge on any atom is 0.219 e. The number of methoxy groups -OCH3 is 1. The molecule has 0 aromatic heterocycles. The van der Waals surface area contributed by atoms with Crippen LogP contribution in [0, 0.1) is 11.8 Å². The Bertz CT molecular complexity index is 566. The predicted molar refractivity (Wildman–Crippen MR) is 108 cm³/mol. The molecule has 0 aliphatic carbocycles. The van der Waals surface area contributed by atoms with Gasteiger partial charge in [0.2, 0.25) is 5.91 Å². The van der Waals surface area contributed by atoms with Crippen molar-refractivity contribution in [2.45, 2.75) is 44.7 Å². The minimum absolute atomic E-state index is 0.175. The van der Waals surface area contributed by atoms with Gasteiger partial charge in [-0.15, -0.1) is 0 Å². The van der Waals surface area contributed by atoms with E-state index in [0.717, 1.165) is 38.3 Å². The largest absolute Gasteiger partial charge is 0.385 e. The van der Waals surface area contributed by atoms with Crippen molar-refractivity contribution in [3.63, 3.8) is 0 Å². The number of nitrogens with zero attached hydrogens (tertiary/aromatic N) is 1. The Morgan fingerprint density at radius 1 is 1.26 bits per heavy atom. The van der Waals surface area contributed by atoms with Gasteiger partial charge in [-0.2, -0.15) is 0 Å². The molecule has 3 atom stereocenters. The van der Waals surface area contributed by atoms with Gasteiger partial charge in [-0.05, 0) is 49.6 Å². The summed E-state index contributed by atoms with van der Waals surface area (Å²) in [7, 11) is 1.69. The van der Waals surface area contributed by atoms with Crippen LogP contribution in [0.4, 0.5) is 0 Å². The fourth-order valence-corrected chi connectivity index (χ4v) is 4.60. The van der Waals surface area contributed by atoms with Gasteiger partial charge >= 0.3 is 0 Å². The van der Waals surface area contributed by atoms with Crippen LogP contribution >= 0.6 is 0 Å². The molecule has 2 bridgehead atoms. The van der Waals surface area contributed by atoms with E-state index in [1.165, 1.54) is 25.1 Å². The van der Waals surface area contributed by atoms with Crippen LogP contribution in [0.1, 0.15) is 37.7 Å². The highest BCUT2D eigenvalue weighted by Gasteiger charge is 2.35. The summed E-state index contributed by atoms with van der Waals surface area (Å²) in [5, 5.41) is 6.75. The van der Waals surface area contributed by atoms with E-state index in [4.69, 9.17) is 4.74 Å². The van der Waals surface area contributed by atoms with Crippen LogP contribution in [0.3, 0.4) is 0 Å². The van der Waals surface area contributed by atoms with Crippen molar-refractivity contribution in [1.29, 1.82) is 0 Å². The van der Waals surface area contributed by atoms with E-state index < -0.39 is 0 Å². The van der Waals surface area contributed by atoms with Crippen molar-refractivity contribution in [3.05, 3.63) is 35.9 Å². The molecule has 2 aliphatic heterocycles. The monoisotopic (exact) mass is 373 g/mol. The first-order valence-electron chi connectivity index (χ1n) is 10.5. The second kappa shape index (κ2) is 10.8. The summed E-state index contributed by atoms with van der Waals surface area (Å²) in [6.45, 7) is 5.98. The van der Waals surface area contributed by atoms with E-state index in [1.54, 1.807) is 7.11 Å². The topological polar surface area (TPSA) is 53.6 Å². The van der Waals surface area contributed by atoms with Crippen molar-refractivity contribution in [2.75, 3.05) is 39.9 Å². The molecule has 2 N–H and O–H groups in total. The third kappa shape index (κ3) is 6.59. The van der Waals surface area contributed by atoms with Crippen LogP contribution in [-0.2, 0) is 16.1 Å². The summed E-state index contributed by atoms with van der Waals surface area (Å²) in [6.07, 6.45) is 4.92. The molecule has 5 nitrogen and oxygen atoms in total. The highest BCUT2D eigenvalue weighted by Crippen LogP contribution is 2.31. The lowest BCUT2D eigenvalue weighted by molar-refractivity contribution is -0.121. The Labute approximate surface area is 163 Å². The summed E-state index contributed by atoms with van der Waals surface area (Å²) in [5.41, 5.74) is 1.41. The molecule has 5 heteroatoms. The Morgan fingerprint density at radius 3 is 2.93 bits per heavy atom. The molecule has 2 aliphatic rings. The van der Waals surface area contributed by atoms with Crippen LogP contribution in [-0.4, -0.2) is 56.7 Å². The van der Waals surface area contributed by atoms with E-state index >= 15 is 0 Å². The van der Waals surface area contributed by atoms with Gasteiger partial charge < -0.3 is 15.4 Å². The van der Waals surface area contributed by atoms with E-state index in [0.29, 0.717) is 31.5 Å². The number of nitrogens with one attached hydrogen (secondary N) is 2. The third-order valence-corrected chi connectivity index (χ3v) is 5.90. The van der Waals surface area contributed by atoms with Gasteiger partial charge in [0.15, 0.2) is 0 Å². The molecular weight excluding hydrogens is 338 g/mol. The van der Waals surface area contributed by atoms with Crippen molar-refractivity contribution in [2.24, 2.45) is 11.8 Å². The predicted octanol–water partition coefficient (Wildman–Crippen LogP) is 2.42. The van der Waals surface area contributed by atoms with Crippen molar-refractivity contribution in [3.8, 4) is 0 Å². The zero-order valence-electron chi connectivity index (χ0n) is 16.7. The molecule has 0 spiro atoms. The molecule has 1 aromatic carbocycles. The normalized spacial score (nSPS) is 25.3. The molecule has 0 radical (unpaired) electrons. The molecule has 27 heavy (non-hydrogen) atoms. The number of piperidine rings is 2. The lowest BCUT2D eigenvalue weighted by Gasteiger charge is -2.46. The molecule has 1 amide bonds. The molecule has 3 rings (SSSR count). The average molecular weight is 374 g/mol. The fraction of sp³-hybridized carbons (Fsp3) is 0.682. The maximum absolute atomic E-state index is 11.9. The van der Waals surface area contributed by atoms with Crippen molar-refractivity contribution >= 4 is 5.91 Å². The van der Waals surface area contributed by atoms with Crippen molar-refractivity contribution < 1.29 is 9.53 Å². The van der Waals surface area contributed by atoms with Gasteiger partial charge in [0.05, 0.1) is 0 Å². The minimum atomic E-state index is 0.175. The average Bonchev–Trinajstić information content (AvgIpc) is 2.68. The zero-order valence-corrected chi connectivity index (χ0v) is 16.7. The van der Waals surface area contributed by atoms with Gasteiger partial charge in [0, 0.05) is 52.4 Å². The summed E-state index contributed by atoms with van der Waals surface area (Å²) in [6, 6.07) is 11.4. The zero-order chi connectivity index (χ0) is 18.9. The minimum Gasteiger partial charge on any atom is -0.385 e. The van der Waals surface area contributed by atoms with Crippen molar-refractivity contribution in [1.82, 2.24) is 15.5 Å². The quantitative estimate of drug-likeness (QED) is 0.619. The summed E-state index contributed by atoms with van der Waals surface area (Å²) >= 11 is 0. The van der Waals surface area contributed by atoms with Gasteiger partial charge in [-0.3, -0.25) is 9.69 Å². The van der Waals surface area contributed by atoms with E-state index in [-0.39, 0.29) is 5.91 Å². The van der Waals surface area contributed by atoms with Gasteiger partial charge in [0.25, 0.3) is 0 Å². The fourth-order valence-electron chi connectivity index (χ4n) is 4.60. The molecule has 2 saturated heterocycles. The summed E-state index contributed by atoms with van der Waals surface area (Å²) < 4.78 is 5.00.